The van der Waals surface area contributed by atoms with Gasteiger partial charge in [0.2, 0.25) is 5.82 Å². The first kappa shape index (κ1) is 10.2. The predicted molar refractivity (Wildman–Crippen MR) is 50.2 cm³/mol. The van der Waals surface area contributed by atoms with Crippen molar-refractivity contribution >= 4 is 7.85 Å². The Morgan fingerprint density at radius 2 is 2.27 bits per heavy atom. The molecule has 1 aliphatic rings. The summed E-state index contributed by atoms with van der Waals surface area (Å²) in [6.07, 6.45) is 1.35. The molecule has 0 spiro atoms. The van der Waals surface area contributed by atoms with Crippen LogP contribution in [0.2, 0.25) is 0 Å². The first-order valence-corrected chi connectivity index (χ1v) is 4.50. The third-order valence-electron chi connectivity index (χ3n) is 2.26. The van der Waals surface area contributed by atoms with Gasteiger partial charge in [-0.15, -0.1) is 0 Å². The number of hydrogen-bond acceptors (Lipinski definition) is 3. The number of hydrogen-bond donors (Lipinski definition) is 1. The van der Waals surface area contributed by atoms with E-state index in [1.807, 2.05) is 4.98 Å². The smallest absolute Gasteiger partial charge is 0.330 e. The maximum atomic E-state index is 12.9. The maximum Gasteiger partial charge on any atom is 0.330 e. The lowest BCUT2D eigenvalue weighted by Gasteiger charge is -2.13. The molecule has 1 aromatic rings. The number of aromatic amines is 1. The van der Waals surface area contributed by atoms with Crippen molar-refractivity contribution < 1.29 is 9.13 Å². The molecule has 2 rings (SSSR count). The fraction of sp³-hybridized carbons (Fsp3) is 0.500. The van der Waals surface area contributed by atoms with Crippen LogP contribution in [0, 0.1) is 5.82 Å². The first-order valence-electron chi connectivity index (χ1n) is 4.50. The summed E-state index contributed by atoms with van der Waals surface area (Å²) in [4.78, 5) is 23.9. The zero-order valence-electron chi connectivity index (χ0n) is 7.77. The van der Waals surface area contributed by atoms with Crippen molar-refractivity contribution in [1.82, 2.24) is 9.55 Å². The van der Waals surface area contributed by atoms with Crippen LogP contribution in [0.5, 0.6) is 0 Å². The molecule has 2 heterocycles. The van der Waals surface area contributed by atoms with Crippen LogP contribution in [0.1, 0.15) is 19.1 Å². The van der Waals surface area contributed by atoms with E-state index in [1.54, 1.807) is 0 Å². The van der Waals surface area contributed by atoms with E-state index in [0.29, 0.717) is 12.8 Å². The van der Waals surface area contributed by atoms with Crippen LogP contribution >= 0.6 is 0 Å². The van der Waals surface area contributed by atoms with Gasteiger partial charge in [-0.25, -0.2) is 4.79 Å². The molecule has 0 aliphatic carbocycles. The molecule has 78 valence electrons. The van der Waals surface area contributed by atoms with Crippen molar-refractivity contribution in [2.24, 2.45) is 0 Å². The summed E-state index contributed by atoms with van der Waals surface area (Å²) in [5.41, 5.74) is -1.72. The van der Waals surface area contributed by atoms with E-state index in [9.17, 15) is 14.0 Å². The molecule has 1 fully saturated rings. The molecule has 2 radical (unpaired) electrons. The minimum Gasteiger partial charge on any atom is -0.364 e. The lowest BCUT2D eigenvalue weighted by atomic mass is 9.98. The second kappa shape index (κ2) is 3.65. The van der Waals surface area contributed by atoms with E-state index in [1.165, 1.54) is 0 Å². The largest absolute Gasteiger partial charge is 0.364 e. The van der Waals surface area contributed by atoms with Crippen LogP contribution in [-0.4, -0.2) is 23.4 Å². The molecule has 0 bridgehead atoms. The van der Waals surface area contributed by atoms with Crippen LogP contribution in [0.3, 0.4) is 0 Å². The van der Waals surface area contributed by atoms with Crippen LogP contribution in [0.25, 0.3) is 0 Å². The molecule has 5 nitrogen and oxygen atoms in total. The highest BCUT2D eigenvalue weighted by atomic mass is 19.1. The van der Waals surface area contributed by atoms with Gasteiger partial charge >= 0.3 is 5.69 Å². The van der Waals surface area contributed by atoms with Crippen LogP contribution in [-0.2, 0) is 4.74 Å². The topological polar surface area (TPSA) is 64.1 Å². The summed E-state index contributed by atoms with van der Waals surface area (Å²) in [7, 11) is 5.48. The van der Waals surface area contributed by atoms with Crippen molar-refractivity contribution in [1.29, 1.82) is 0 Å². The molecular weight excluding hydrogens is 202 g/mol. The van der Waals surface area contributed by atoms with Gasteiger partial charge in [-0.1, -0.05) is 0 Å². The van der Waals surface area contributed by atoms with Gasteiger partial charge in [0, 0.05) is 6.00 Å². The fourth-order valence-corrected chi connectivity index (χ4v) is 1.52. The summed E-state index contributed by atoms with van der Waals surface area (Å²) in [5.74, 6) is -1.02. The van der Waals surface area contributed by atoms with Crippen molar-refractivity contribution in [3.8, 4) is 0 Å². The summed E-state index contributed by atoms with van der Waals surface area (Å²) in [5, 5.41) is 0. The van der Waals surface area contributed by atoms with E-state index < -0.39 is 29.3 Å². The third-order valence-corrected chi connectivity index (χ3v) is 2.26. The Kier molecular flexibility index (Phi) is 2.48. The van der Waals surface area contributed by atoms with Gasteiger partial charge in [-0.3, -0.25) is 14.3 Å². The molecule has 0 aromatic carbocycles. The highest BCUT2D eigenvalue weighted by Crippen LogP contribution is 2.24. The molecule has 1 saturated heterocycles. The summed E-state index contributed by atoms with van der Waals surface area (Å²) < 4.78 is 19.1. The van der Waals surface area contributed by atoms with Gasteiger partial charge < -0.3 is 4.74 Å². The lowest BCUT2D eigenvalue weighted by molar-refractivity contribution is 0.0332. The molecule has 15 heavy (non-hydrogen) atoms. The molecule has 7 heteroatoms. The minimum atomic E-state index is -1.03. The maximum absolute atomic E-state index is 12.9. The van der Waals surface area contributed by atoms with E-state index in [4.69, 9.17) is 12.6 Å². The highest BCUT2D eigenvalue weighted by molar-refractivity contribution is 6.11. The van der Waals surface area contributed by atoms with Crippen molar-refractivity contribution in [2.45, 2.75) is 25.1 Å². The molecule has 1 N–H and O–H groups in total. The van der Waals surface area contributed by atoms with Gasteiger partial charge in [-0.2, -0.15) is 4.39 Å². The van der Waals surface area contributed by atoms with E-state index in [2.05, 4.69) is 0 Å². The third kappa shape index (κ3) is 1.87. The number of aromatic nitrogens is 2. The number of rotatable bonds is 1. The Morgan fingerprint density at radius 3 is 2.87 bits per heavy atom. The van der Waals surface area contributed by atoms with Gasteiger partial charge in [0.15, 0.2) is 0 Å². The number of ether oxygens (including phenoxy) is 1. The Labute approximate surface area is 85.3 Å². The first-order chi connectivity index (χ1) is 7.08. The molecule has 0 saturated carbocycles. The average Bonchev–Trinajstić information content (AvgIpc) is 2.58. The standard InChI is InChI=1S/C8H8BFN2O3/c9-5-1-2-6(15-5)12-3-4(10)7(13)11-8(12)14/h3,5-6H,1-2H2,(H,11,13,14)/t5-,6?/m0/s1. The summed E-state index contributed by atoms with van der Waals surface area (Å²) in [6, 6.07) is -0.447. The molecule has 0 amide bonds. The van der Waals surface area contributed by atoms with E-state index in [-0.39, 0.29) is 0 Å². The van der Waals surface area contributed by atoms with E-state index in [0.717, 1.165) is 10.8 Å². The van der Waals surface area contributed by atoms with Crippen molar-refractivity contribution in [3.05, 3.63) is 32.9 Å². The van der Waals surface area contributed by atoms with Crippen LogP contribution < -0.4 is 11.2 Å². The zero-order chi connectivity index (χ0) is 11.0. The quantitative estimate of drug-likeness (QED) is 0.634. The fourth-order valence-electron chi connectivity index (χ4n) is 1.52. The average molecular weight is 210 g/mol. The lowest BCUT2D eigenvalue weighted by Crippen LogP contribution is -2.33. The SMILES string of the molecule is [B][C@@H]1CCC(n2cc(F)c(=O)[nH]c2=O)O1. The summed E-state index contributed by atoms with van der Waals surface area (Å²) >= 11 is 0. The molecule has 2 atom stereocenters. The van der Waals surface area contributed by atoms with Gasteiger partial charge in [0.1, 0.15) is 14.1 Å². The van der Waals surface area contributed by atoms with Gasteiger partial charge in [-0.05, 0) is 12.8 Å². The molecular formula is C8H8BFN2O3. The Balaban J connectivity index is 2.41. The normalized spacial score (nSPS) is 25.7. The van der Waals surface area contributed by atoms with Crippen LogP contribution in [0.4, 0.5) is 4.39 Å². The number of H-pyrrole nitrogens is 1. The van der Waals surface area contributed by atoms with Crippen LogP contribution in [0.15, 0.2) is 15.8 Å². The summed E-state index contributed by atoms with van der Waals surface area (Å²) in [6.45, 7) is 0. The number of halogens is 1. The second-order valence-corrected chi connectivity index (χ2v) is 3.35. The molecule has 1 unspecified atom stereocenters. The monoisotopic (exact) mass is 210 g/mol. The predicted octanol–water partition coefficient (Wildman–Crippen LogP) is -0.521. The Bertz CT molecular complexity index is 484. The molecule has 1 aliphatic heterocycles. The van der Waals surface area contributed by atoms with Crippen molar-refractivity contribution in [2.75, 3.05) is 0 Å². The second-order valence-electron chi connectivity index (χ2n) is 3.35. The highest BCUT2D eigenvalue weighted by Gasteiger charge is 2.24. The minimum absolute atomic E-state index is 0.447. The van der Waals surface area contributed by atoms with Gasteiger partial charge in [0.25, 0.3) is 5.56 Å². The zero-order valence-corrected chi connectivity index (χ0v) is 7.77. The number of nitrogens with one attached hydrogen (secondary N) is 1. The Hall–Kier alpha value is -1.37. The molecule has 1 aromatic heterocycles. The van der Waals surface area contributed by atoms with Crippen molar-refractivity contribution in [3.63, 3.8) is 0 Å². The van der Waals surface area contributed by atoms with E-state index >= 15 is 0 Å². The number of nitrogens with zero attached hydrogens (tertiary/aromatic N) is 1. The Morgan fingerprint density at radius 1 is 1.53 bits per heavy atom. The van der Waals surface area contributed by atoms with Gasteiger partial charge in [0.05, 0.1) is 6.20 Å².